The van der Waals surface area contributed by atoms with Gasteiger partial charge in [0.1, 0.15) is 0 Å². The van der Waals surface area contributed by atoms with Gasteiger partial charge in [-0.15, -0.1) is 0 Å². The second kappa shape index (κ2) is 8.52. The zero-order valence-corrected chi connectivity index (χ0v) is 14.5. The monoisotopic (exact) mass is 362 g/mol. The van der Waals surface area contributed by atoms with Gasteiger partial charge in [-0.25, -0.2) is 0 Å². The van der Waals surface area contributed by atoms with Gasteiger partial charge in [-0.05, 0) is 43.3 Å². The molecule has 2 aromatic carbocycles. The lowest BCUT2D eigenvalue weighted by molar-refractivity contribution is -0.111. The summed E-state index contributed by atoms with van der Waals surface area (Å²) in [7, 11) is 0. The number of carbonyl (C=O) groups excluding carboxylic acids is 2. The Bertz CT molecular complexity index is 768. The molecular weight excluding hydrogens is 347 g/mol. The average molecular weight is 363 g/mol. The molecule has 2 rings (SSSR count). The lowest BCUT2D eigenvalue weighted by Gasteiger charge is -2.06. The first-order valence-corrected chi connectivity index (χ1v) is 8.08. The highest BCUT2D eigenvalue weighted by Gasteiger charge is 2.06. The highest BCUT2D eigenvalue weighted by molar-refractivity contribution is 6.37. The summed E-state index contributed by atoms with van der Waals surface area (Å²) in [6, 6.07) is 11.8. The van der Waals surface area contributed by atoms with E-state index in [1.54, 1.807) is 48.5 Å². The minimum absolute atomic E-state index is 0.188. The molecule has 0 aromatic heterocycles. The third-order valence-electron chi connectivity index (χ3n) is 3.13. The molecule has 0 aliphatic rings. The molecule has 0 atom stereocenters. The summed E-state index contributed by atoms with van der Waals surface area (Å²) in [6.07, 6.45) is 2.89. The molecule has 4 nitrogen and oxygen atoms in total. The van der Waals surface area contributed by atoms with Crippen molar-refractivity contribution in [1.82, 2.24) is 5.32 Å². The van der Waals surface area contributed by atoms with E-state index in [1.807, 2.05) is 6.92 Å². The van der Waals surface area contributed by atoms with Gasteiger partial charge in [-0.3, -0.25) is 9.59 Å². The van der Waals surface area contributed by atoms with E-state index in [0.717, 1.165) is 0 Å². The topological polar surface area (TPSA) is 58.2 Å². The first kappa shape index (κ1) is 18.0. The second-order valence-electron chi connectivity index (χ2n) is 4.90. The molecule has 0 saturated heterocycles. The molecule has 2 N–H and O–H groups in total. The van der Waals surface area contributed by atoms with Crippen LogP contribution in [0.1, 0.15) is 22.8 Å². The van der Waals surface area contributed by atoms with Gasteiger partial charge in [-0.2, -0.15) is 0 Å². The van der Waals surface area contributed by atoms with E-state index < -0.39 is 0 Å². The summed E-state index contributed by atoms with van der Waals surface area (Å²) in [5, 5.41) is 6.33. The number of nitrogens with one attached hydrogen (secondary N) is 2. The van der Waals surface area contributed by atoms with Gasteiger partial charge in [0.15, 0.2) is 0 Å². The van der Waals surface area contributed by atoms with E-state index >= 15 is 0 Å². The molecule has 0 radical (unpaired) electrons. The Balaban J connectivity index is 2.09. The van der Waals surface area contributed by atoms with Crippen LogP contribution in [-0.4, -0.2) is 18.4 Å². The molecule has 0 spiro atoms. The van der Waals surface area contributed by atoms with Crippen LogP contribution in [0.25, 0.3) is 6.08 Å². The Morgan fingerprint density at radius 2 is 1.75 bits per heavy atom. The standard InChI is InChI=1S/C18H16Cl2N2O2/c1-2-21-18(24)12-5-3-6-13(11-12)22-17(23)10-9-14-15(19)7-4-8-16(14)20/h3-11H,2H2,1H3,(H,21,24)(H,22,23)/b10-9+. The van der Waals surface area contributed by atoms with Gasteiger partial charge in [0, 0.05) is 39.5 Å². The maximum absolute atomic E-state index is 12.0. The van der Waals surface area contributed by atoms with Gasteiger partial charge in [0.2, 0.25) is 5.91 Å². The SMILES string of the molecule is CCNC(=O)c1cccc(NC(=O)/C=C/c2c(Cl)cccc2Cl)c1. The quantitative estimate of drug-likeness (QED) is 0.774. The number of rotatable bonds is 5. The number of hydrogen-bond donors (Lipinski definition) is 2. The number of benzene rings is 2. The smallest absolute Gasteiger partial charge is 0.251 e. The predicted molar refractivity (Wildman–Crippen MR) is 98.6 cm³/mol. The molecule has 2 aromatic rings. The average Bonchev–Trinajstić information content (AvgIpc) is 2.55. The third kappa shape index (κ3) is 4.85. The summed E-state index contributed by atoms with van der Waals surface area (Å²) in [5.41, 5.74) is 1.58. The second-order valence-corrected chi connectivity index (χ2v) is 5.71. The molecule has 124 valence electrons. The van der Waals surface area contributed by atoms with Crippen molar-refractivity contribution in [3.8, 4) is 0 Å². The summed E-state index contributed by atoms with van der Waals surface area (Å²) in [6.45, 7) is 2.38. The van der Waals surface area contributed by atoms with E-state index in [4.69, 9.17) is 23.2 Å². The maximum Gasteiger partial charge on any atom is 0.251 e. The van der Waals surface area contributed by atoms with Crippen molar-refractivity contribution in [2.45, 2.75) is 6.92 Å². The Kier molecular flexibility index (Phi) is 6.41. The molecule has 6 heteroatoms. The molecule has 0 heterocycles. The van der Waals surface area contributed by atoms with Crippen molar-refractivity contribution in [2.75, 3.05) is 11.9 Å². The van der Waals surface area contributed by atoms with Crippen molar-refractivity contribution < 1.29 is 9.59 Å². The van der Waals surface area contributed by atoms with Gasteiger partial charge in [0.25, 0.3) is 5.91 Å². The number of carbonyl (C=O) groups is 2. The molecule has 0 unspecified atom stereocenters. The zero-order valence-electron chi connectivity index (χ0n) is 13.0. The summed E-state index contributed by atoms with van der Waals surface area (Å²) < 4.78 is 0. The number of anilines is 1. The van der Waals surface area contributed by atoms with E-state index in [1.165, 1.54) is 6.08 Å². The van der Waals surface area contributed by atoms with Crippen molar-refractivity contribution in [2.24, 2.45) is 0 Å². The molecule has 0 aliphatic heterocycles. The van der Waals surface area contributed by atoms with Crippen molar-refractivity contribution in [3.05, 3.63) is 69.7 Å². The van der Waals surface area contributed by atoms with Gasteiger partial charge >= 0.3 is 0 Å². The van der Waals surface area contributed by atoms with Crippen LogP contribution >= 0.6 is 23.2 Å². The van der Waals surface area contributed by atoms with Gasteiger partial charge in [0.05, 0.1) is 0 Å². The maximum atomic E-state index is 12.0. The van der Waals surface area contributed by atoms with E-state index in [0.29, 0.717) is 33.4 Å². The summed E-state index contributed by atoms with van der Waals surface area (Å²) in [4.78, 5) is 23.8. The Morgan fingerprint density at radius 3 is 2.42 bits per heavy atom. The van der Waals surface area contributed by atoms with Crippen LogP contribution in [-0.2, 0) is 4.79 Å². The number of amides is 2. The van der Waals surface area contributed by atoms with E-state index in [2.05, 4.69) is 10.6 Å². The fraction of sp³-hybridized carbons (Fsp3) is 0.111. The lowest BCUT2D eigenvalue weighted by Crippen LogP contribution is -2.22. The highest BCUT2D eigenvalue weighted by atomic mass is 35.5. The van der Waals surface area contributed by atoms with Crippen LogP contribution in [0.15, 0.2) is 48.5 Å². The zero-order chi connectivity index (χ0) is 17.5. The largest absolute Gasteiger partial charge is 0.352 e. The van der Waals surface area contributed by atoms with Crippen molar-refractivity contribution in [3.63, 3.8) is 0 Å². The first-order chi connectivity index (χ1) is 11.5. The Morgan fingerprint density at radius 1 is 1.08 bits per heavy atom. The van der Waals surface area contributed by atoms with Gasteiger partial charge in [-0.1, -0.05) is 35.3 Å². The van der Waals surface area contributed by atoms with Crippen LogP contribution in [0.4, 0.5) is 5.69 Å². The van der Waals surface area contributed by atoms with Crippen molar-refractivity contribution in [1.29, 1.82) is 0 Å². The first-order valence-electron chi connectivity index (χ1n) is 7.32. The van der Waals surface area contributed by atoms with Crippen LogP contribution in [0.2, 0.25) is 10.0 Å². The summed E-state index contributed by atoms with van der Waals surface area (Å²) >= 11 is 12.1. The fourth-order valence-corrected chi connectivity index (χ4v) is 2.54. The number of halogens is 2. The Labute approximate surface area is 150 Å². The minimum atomic E-state index is -0.348. The molecule has 0 bridgehead atoms. The lowest BCUT2D eigenvalue weighted by atomic mass is 10.2. The molecule has 24 heavy (non-hydrogen) atoms. The predicted octanol–water partition coefficient (Wildman–Crippen LogP) is 4.40. The molecule has 0 fully saturated rings. The normalized spacial score (nSPS) is 10.6. The number of hydrogen-bond acceptors (Lipinski definition) is 2. The molecular formula is C18H16Cl2N2O2. The van der Waals surface area contributed by atoms with Crippen LogP contribution in [0.3, 0.4) is 0 Å². The fourth-order valence-electron chi connectivity index (χ4n) is 2.01. The van der Waals surface area contributed by atoms with Crippen LogP contribution < -0.4 is 10.6 Å². The Hall–Kier alpha value is -2.30. The van der Waals surface area contributed by atoms with Crippen molar-refractivity contribution >= 4 is 46.8 Å². The molecule has 2 amide bonds. The summed E-state index contributed by atoms with van der Waals surface area (Å²) in [5.74, 6) is -0.536. The van der Waals surface area contributed by atoms with Crippen LogP contribution in [0.5, 0.6) is 0 Å². The van der Waals surface area contributed by atoms with E-state index in [-0.39, 0.29) is 11.8 Å². The molecule has 0 saturated carbocycles. The van der Waals surface area contributed by atoms with Gasteiger partial charge < -0.3 is 10.6 Å². The third-order valence-corrected chi connectivity index (χ3v) is 3.79. The highest BCUT2D eigenvalue weighted by Crippen LogP contribution is 2.25. The van der Waals surface area contributed by atoms with Crippen LogP contribution in [0, 0.1) is 0 Å². The minimum Gasteiger partial charge on any atom is -0.352 e. The molecule has 0 aliphatic carbocycles. The van der Waals surface area contributed by atoms with E-state index in [9.17, 15) is 9.59 Å².